The average molecular weight is 268 g/mol. The van der Waals surface area contributed by atoms with Crippen LogP contribution in [0.5, 0.6) is 0 Å². The molecule has 1 fully saturated rings. The molecule has 0 radical (unpaired) electrons. The van der Waals surface area contributed by atoms with Gasteiger partial charge >= 0.3 is 0 Å². The lowest BCUT2D eigenvalue weighted by atomic mass is 10.00. The molecule has 0 spiro atoms. The van der Waals surface area contributed by atoms with Crippen molar-refractivity contribution in [3.8, 4) is 0 Å². The van der Waals surface area contributed by atoms with Gasteiger partial charge in [-0.2, -0.15) is 0 Å². The van der Waals surface area contributed by atoms with E-state index < -0.39 is 0 Å². The second-order valence-corrected chi connectivity index (χ2v) is 5.68. The van der Waals surface area contributed by atoms with Crippen LogP contribution in [-0.2, 0) is 11.2 Å². The van der Waals surface area contributed by atoms with Crippen molar-refractivity contribution in [1.29, 1.82) is 0 Å². The molecule has 0 amide bonds. The van der Waals surface area contributed by atoms with Gasteiger partial charge in [0, 0.05) is 18.2 Å². The van der Waals surface area contributed by atoms with Gasteiger partial charge in [0.25, 0.3) is 0 Å². The largest absolute Gasteiger partial charge is 0.381 e. The number of hydrogen-bond donors (Lipinski definition) is 1. The topological polar surface area (TPSA) is 21.3 Å². The molecule has 1 aliphatic rings. The summed E-state index contributed by atoms with van der Waals surface area (Å²) < 4.78 is 5.80. The SMILES string of the molecule is CNCC(COCC1CC1)Cc1cccc(Cl)c1. The highest BCUT2D eigenvalue weighted by Gasteiger charge is 2.21. The highest BCUT2D eigenvalue weighted by atomic mass is 35.5. The van der Waals surface area contributed by atoms with Crippen molar-refractivity contribution in [2.24, 2.45) is 11.8 Å². The van der Waals surface area contributed by atoms with E-state index in [1.54, 1.807) is 0 Å². The van der Waals surface area contributed by atoms with E-state index in [9.17, 15) is 0 Å². The molecular weight excluding hydrogens is 246 g/mol. The first-order valence-corrected chi connectivity index (χ1v) is 7.12. The maximum absolute atomic E-state index is 6.01. The van der Waals surface area contributed by atoms with Crippen molar-refractivity contribution in [1.82, 2.24) is 5.32 Å². The zero-order valence-corrected chi connectivity index (χ0v) is 11.7. The van der Waals surface area contributed by atoms with E-state index in [0.717, 1.165) is 37.1 Å². The molecule has 0 aliphatic heterocycles. The number of benzene rings is 1. The fourth-order valence-electron chi connectivity index (χ4n) is 2.16. The average Bonchev–Trinajstić information content (AvgIpc) is 3.13. The standard InChI is InChI=1S/C15H22ClNO/c1-17-9-14(11-18-10-12-5-6-12)7-13-3-2-4-15(16)8-13/h2-4,8,12,14,17H,5-7,9-11H2,1H3. The summed E-state index contributed by atoms with van der Waals surface area (Å²) in [5.74, 6) is 1.36. The third kappa shape index (κ3) is 4.97. The number of ether oxygens (including phenoxy) is 1. The fourth-order valence-corrected chi connectivity index (χ4v) is 2.37. The van der Waals surface area contributed by atoms with E-state index in [2.05, 4.69) is 11.4 Å². The van der Waals surface area contributed by atoms with Crippen LogP contribution >= 0.6 is 11.6 Å². The van der Waals surface area contributed by atoms with Gasteiger partial charge in [0.05, 0.1) is 6.61 Å². The number of hydrogen-bond acceptors (Lipinski definition) is 2. The van der Waals surface area contributed by atoms with Gasteiger partial charge < -0.3 is 10.1 Å². The summed E-state index contributed by atoms with van der Waals surface area (Å²) in [4.78, 5) is 0. The number of halogens is 1. The second kappa shape index (κ2) is 7.13. The van der Waals surface area contributed by atoms with Gasteiger partial charge in [-0.25, -0.2) is 0 Å². The van der Waals surface area contributed by atoms with Crippen LogP contribution in [0.1, 0.15) is 18.4 Å². The van der Waals surface area contributed by atoms with E-state index in [0.29, 0.717) is 5.92 Å². The van der Waals surface area contributed by atoms with Gasteiger partial charge in [0.2, 0.25) is 0 Å². The minimum Gasteiger partial charge on any atom is -0.381 e. The summed E-state index contributed by atoms with van der Waals surface area (Å²) in [6.07, 6.45) is 3.72. The Morgan fingerprint density at radius 1 is 1.44 bits per heavy atom. The monoisotopic (exact) mass is 267 g/mol. The van der Waals surface area contributed by atoms with Gasteiger partial charge in [-0.3, -0.25) is 0 Å². The summed E-state index contributed by atoms with van der Waals surface area (Å²) >= 11 is 6.01. The van der Waals surface area contributed by atoms with Gasteiger partial charge in [0.15, 0.2) is 0 Å². The molecule has 18 heavy (non-hydrogen) atoms. The predicted octanol–water partition coefficient (Wildman–Crippen LogP) is 3.14. The van der Waals surface area contributed by atoms with E-state index in [1.807, 2.05) is 25.2 Å². The van der Waals surface area contributed by atoms with Crippen molar-refractivity contribution >= 4 is 11.6 Å². The quantitative estimate of drug-likeness (QED) is 0.781. The van der Waals surface area contributed by atoms with Crippen molar-refractivity contribution in [3.63, 3.8) is 0 Å². The number of rotatable bonds is 8. The lowest BCUT2D eigenvalue weighted by Crippen LogP contribution is -2.25. The lowest BCUT2D eigenvalue weighted by molar-refractivity contribution is 0.0913. The van der Waals surface area contributed by atoms with E-state index in [-0.39, 0.29) is 0 Å². The smallest absolute Gasteiger partial charge is 0.0509 e. The molecule has 1 atom stereocenters. The third-order valence-corrected chi connectivity index (χ3v) is 3.55. The molecular formula is C15H22ClNO. The zero-order chi connectivity index (χ0) is 12.8. The molecule has 2 nitrogen and oxygen atoms in total. The Morgan fingerprint density at radius 3 is 2.94 bits per heavy atom. The first kappa shape index (κ1) is 13.9. The van der Waals surface area contributed by atoms with Gasteiger partial charge in [0.1, 0.15) is 0 Å². The highest BCUT2D eigenvalue weighted by molar-refractivity contribution is 6.30. The van der Waals surface area contributed by atoms with Crippen LogP contribution in [0.3, 0.4) is 0 Å². The molecule has 1 aromatic rings. The van der Waals surface area contributed by atoms with Crippen LogP contribution in [0, 0.1) is 11.8 Å². The van der Waals surface area contributed by atoms with E-state index in [1.165, 1.54) is 18.4 Å². The second-order valence-electron chi connectivity index (χ2n) is 5.24. The van der Waals surface area contributed by atoms with Crippen LogP contribution in [0.15, 0.2) is 24.3 Å². The van der Waals surface area contributed by atoms with E-state index in [4.69, 9.17) is 16.3 Å². The molecule has 1 saturated carbocycles. The summed E-state index contributed by atoms with van der Waals surface area (Å²) in [6.45, 7) is 2.76. The van der Waals surface area contributed by atoms with Crippen molar-refractivity contribution in [3.05, 3.63) is 34.9 Å². The van der Waals surface area contributed by atoms with Gasteiger partial charge in [-0.1, -0.05) is 23.7 Å². The first-order valence-electron chi connectivity index (χ1n) is 6.74. The molecule has 0 bridgehead atoms. The Kier molecular flexibility index (Phi) is 5.48. The molecule has 0 heterocycles. The Morgan fingerprint density at radius 2 is 2.28 bits per heavy atom. The Bertz CT molecular complexity index is 365. The molecule has 1 aromatic carbocycles. The molecule has 100 valence electrons. The van der Waals surface area contributed by atoms with Crippen molar-refractivity contribution in [2.75, 3.05) is 26.8 Å². The van der Waals surface area contributed by atoms with Crippen LogP contribution in [-0.4, -0.2) is 26.8 Å². The lowest BCUT2D eigenvalue weighted by Gasteiger charge is -2.17. The molecule has 0 saturated heterocycles. The van der Waals surface area contributed by atoms with Crippen molar-refractivity contribution < 1.29 is 4.74 Å². The minimum absolute atomic E-state index is 0.521. The molecule has 1 unspecified atom stereocenters. The predicted molar refractivity (Wildman–Crippen MR) is 76.1 cm³/mol. The molecule has 3 heteroatoms. The summed E-state index contributed by atoms with van der Waals surface area (Å²) in [7, 11) is 1.99. The van der Waals surface area contributed by atoms with Gasteiger partial charge in [-0.05, 0) is 55.8 Å². The zero-order valence-electron chi connectivity index (χ0n) is 11.0. The fraction of sp³-hybridized carbons (Fsp3) is 0.600. The first-order chi connectivity index (χ1) is 8.78. The van der Waals surface area contributed by atoms with Crippen LogP contribution in [0.25, 0.3) is 0 Å². The molecule has 0 aromatic heterocycles. The Hall–Kier alpha value is -0.570. The molecule has 1 N–H and O–H groups in total. The summed E-state index contributed by atoms with van der Waals surface area (Å²) in [5.41, 5.74) is 1.29. The minimum atomic E-state index is 0.521. The maximum Gasteiger partial charge on any atom is 0.0509 e. The Labute approximate surface area is 115 Å². The van der Waals surface area contributed by atoms with Crippen LogP contribution in [0.2, 0.25) is 5.02 Å². The third-order valence-electron chi connectivity index (χ3n) is 3.31. The van der Waals surface area contributed by atoms with Crippen LogP contribution in [0.4, 0.5) is 0 Å². The normalized spacial score (nSPS) is 16.8. The molecule has 1 aliphatic carbocycles. The molecule has 2 rings (SSSR count). The summed E-state index contributed by atoms with van der Waals surface area (Å²) in [5, 5.41) is 4.06. The Balaban J connectivity index is 1.79. The van der Waals surface area contributed by atoms with Crippen LogP contribution < -0.4 is 5.32 Å². The van der Waals surface area contributed by atoms with Crippen molar-refractivity contribution in [2.45, 2.75) is 19.3 Å². The maximum atomic E-state index is 6.01. The number of nitrogens with one attached hydrogen (secondary N) is 1. The van der Waals surface area contributed by atoms with Gasteiger partial charge in [-0.15, -0.1) is 0 Å². The summed E-state index contributed by atoms with van der Waals surface area (Å²) in [6, 6.07) is 8.11. The van der Waals surface area contributed by atoms with E-state index >= 15 is 0 Å². The highest BCUT2D eigenvalue weighted by Crippen LogP contribution is 2.29.